The van der Waals surface area contributed by atoms with Crippen molar-refractivity contribution >= 4 is 22.3 Å². The van der Waals surface area contributed by atoms with E-state index in [-0.39, 0.29) is 16.7 Å². The first kappa shape index (κ1) is 17.6. The number of anilines is 1. The number of fused-ring (bicyclic) bond motifs is 1. The van der Waals surface area contributed by atoms with E-state index in [0.717, 1.165) is 38.0 Å². The smallest absolute Gasteiger partial charge is 0.278 e. The third-order valence-corrected chi connectivity index (χ3v) is 5.19. The average Bonchev–Trinajstić information content (AvgIpc) is 2.63. The third-order valence-electron chi connectivity index (χ3n) is 5.19. The minimum Gasteiger partial charge on any atom is -0.380 e. The topological polar surface area (TPSA) is 77.3 Å². The molecule has 0 amide bonds. The molecule has 6 nitrogen and oxygen atoms in total. The summed E-state index contributed by atoms with van der Waals surface area (Å²) in [6.45, 7) is 5.17. The average molecular weight is 343 g/mol. The molecule has 6 heteroatoms. The summed E-state index contributed by atoms with van der Waals surface area (Å²) in [5.74, 6) is 0.580. The van der Waals surface area contributed by atoms with Crippen molar-refractivity contribution in [1.29, 1.82) is 0 Å². The van der Waals surface area contributed by atoms with Gasteiger partial charge in [0.05, 0.1) is 22.1 Å². The lowest BCUT2D eigenvalue weighted by atomic mass is 9.89. The molecule has 1 fully saturated rings. The summed E-state index contributed by atoms with van der Waals surface area (Å²) < 4.78 is 5.98. The predicted octanol–water partition coefficient (Wildman–Crippen LogP) is 4.54. The molecule has 2 unspecified atom stereocenters. The molecule has 0 aliphatic carbocycles. The van der Waals surface area contributed by atoms with Gasteiger partial charge in [0.1, 0.15) is 5.52 Å². The number of aromatic nitrogens is 1. The third kappa shape index (κ3) is 3.74. The van der Waals surface area contributed by atoms with Crippen LogP contribution in [0.3, 0.4) is 0 Å². The number of nitrogens with one attached hydrogen (secondary N) is 1. The maximum atomic E-state index is 11.2. The number of hydrogen-bond acceptors (Lipinski definition) is 5. The SMILES string of the molecule is CCC(CC)C1CC(Nc2ccc([N+](=O)[O-])c3cccnc23)CCO1. The molecular weight excluding hydrogens is 318 g/mol. The number of nitro groups is 1. The highest BCUT2D eigenvalue weighted by molar-refractivity contribution is 5.96. The normalized spacial score (nSPS) is 20.8. The number of hydrogen-bond donors (Lipinski definition) is 1. The molecule has 1 aromatic carbocycles. The Morgan fingerprint density at radius 3 is 2.88 bits per heavy atom. The van der Waals surface area contributed by atoms with E-state index >= 15 is 0 Å². The van der Waals surface area contributed by atoms with E-state index in [1.807, 2.05) is 0 Å². The van der Waals surface area contributed by atoms with Crippen LogP contribution in [0.2, 0.25) is 0 Å². The Kier molecular flexibility index (Phi) is 5.48. The number of benzene rings is 1. The van der Waals surface area contributed by atoms with Crippen LogP contribution in [0.5, 0.6) is 0 Å². The lowest BCUT2D eigenvalue weighted by molar-refractivity contribution is -0.383. The summed E-state index contributed by atoms with van der Waals surface area (Å²) >= 11 is 0. The summed E-state index contributed by atoms with van der Waals surface area (Å²) in [7, 11) is 0. The maximum Gasteiger partial charge on any atom is 0.278 e. The van der Waals surface area contributed by atoms with Crippen LogP contribution >= 0.6 is 0 Å². The summed E-state index contributed by atoms with van der Waals surface area (Å²) in [6.07, 6.45) is 6.08. The van der Waals surface area contributed by atoms with Gasteiger partial charge in [-0.1, -0.05) is 26.7 Å². The van der Waals surface area contributed by atoms with Crippen molar-refractivity contribution in [2.24, 2.45) is 5.92 Å². The Labute approximate surface area is 147 Å². The number of non-ortho nitro benzene ring substituents is 1. The Balaban J connectivity index is 1.83. The van der Waals surface area contributed by atoms with Gasteiger partial charge in [-0.2, -0.15) is 0 Å². The zero-order valence-corrected chi connectivity index (χ0v) is 14.8. The quantitative estimate of drug-likeness (QED) is 0.615. The van der Waals surface area contributed by atoms with Crippen LogP contribution in [0.1, 0.15) is 39.5 Å². The van der Waals surface area contributed by atoms with E-state index in [1.165, 1.54) is 0 Å². The van der Waals surface area contributed by atoms with Crippen molar-refractivity contribution in [3.63, 3.8) is 0 Å². The minimum atomic E-state index is -0.356. The van der Waals surface area contributed by atoms with E-state index in [4.69, 9.17) is 4.74 Å². The molecule has 0 bridgehead atoms. The maximum absolute atomic E-state index is 11.2. The van der Waals surface area contributed by atoms with Crippen LogP contribution in [0, 0.1) is 16.0 Å². The molecule has 0 saturated carbocycles. The fraction of sp³-hybridized carbons (Fsp3) is 0.526. The number of nitro benzene ring substituents is 1. The van der Waals surface area contributed by atoms with Gasteiger partial charge in [0.15, 0.2) is 0 Å². The molecule has 1 saturated heterocycles. The van der Waals surface area contributed by atoms with Crippen LogP contribution < -0.4 is 5.32 Å². The molecule has 2 atom stereocenters. The Bertz CT molecular complexity index is 746. The van der Waals surface area contributed by atoms with Crippen molar-refractivity contribution < 1.29 is 9.66 Å². The number of pyridine rings is 1. The molecule has 1 N–H and O–H groups in total. The highest BCUT2D eigenvalue weighted by Gasteiger charge is 2.28. The first-order valence-electron chi connectivity index (χ1n) is 9.04. The number of nitrogens with zero attached hydrogens (tertiary/aromatic N) is 2. The molecule has 3 rings (SSSR count). The lowest BCUT2D eigenvalue weighted by Gasteiger charge is -2.35. The second-order valence-electron chi connectivity index (χ2n) is 6.64. The largest absolute Gasteiger partial charge is 0.380 e. The van der Waals surface area contributed by atoms with Crippen molar-refractivity contribution in [2.75, 3.05) is 11.9 Å². The van der Waals surface area contributed by atoms with E-state index < -0.39 is 0 Å². The molecule has 134 valence electrons. The number of ether oxygens (including phenoxy) is 1. The van der Waals surface area contributed by atoms with E-state index in [1.54, 1.807) is 30.5 Å². The van der Waals surface area contributed by atoms with Gasteiger partial charge in [-0.25, -0.2) is 0 Å². The zero-order valence-electron chi connectivity index (χ0n) is 14.8. The van der Waals surface area contributed by atoms with Crippen LogP contribution in [-0.4, -0.2) is 28.7 Å². The second kappa shape index (κ2) is 7.78. The van der Waals surface area contributed by atoms with Gasteiger partial charge >= 0.3 is 0 Å². The first-order valence-corrected chi connectivity index (χ1v) is 9.04. The van der Waals surface area contributed by atoms with E-state index in [2.05, 4.69) is 24.1 Å². The molecule has 1 aliphatic rings. The van der Waals surface area contributed by atoms with Gasteiger partial charge in [0.2, 0.25) is 0 Å². The summed E-state index contributed by atoms with van der Waals surface area (Å²) in [6, 6.07) is 7.12. The first-order chi connectivity index (χ1) is 12.1. The predicted molar refractivity (Wildman–Crippen MR) is 98.9 cm³/mol. The fourth-order valence-electron chi connectivity index (χ4n) is 3.76. The van der Waals surface area contributed by atoms with Gasteiger partial charge in [0, 0.05) is 24.9 Å². The van der Waals surface area contributed by atoms with Gasteiger partial charge in [0.25, 0.3) is 5.69 Å². The Morgan fingerprint density at radius 2 is 2.16 bits per heavy atom. The highest BCUT2D eigenvalue weighted by atomic mass is 16.6. The monoisotopic (exact) mass is 343 g/mol. The van der Waals surface area contributed by atoms with Crippen LogP contribution in [0.15, 0.2) is 30.5 Å². The summed E-state index contributed by atoms with van der Waals surface area (Å²) in [5, 5.41) is 15.4. The van der Waals surface area contributed by atoms with Crippen LogP contribution in [-0.2, 0) is 4.74 Å². The van der Waals surface area contributed by atoms with Crippen LogP contribution in [0.4, 0.5) is 11.4 Å². The van der Waals surface area contributed by atoms with Gasteiger partial charge in [-0.05, 0) is 37.0 Å². The van der Waals surface area contributed by atoms with E-state index in [9.17, 15) is 10.1 Å². The van der Waals surface area contributed by atoms with Crippen molar-refractivity contribution in [2.45, 2.75) is 51.7 Å². The standard InChI is InChI=1S/C19H25N3O3/c1-3-13(4-2)18-12-14(9-11-25-18)21-16-7-8-17(22(23)24)15-6-5-10-20-19(15)16/h5-8,10,13-14,18,21H,3-4,9,11-12H2,1-2H3. The van der Waals surface area contributed by atoms with E-state index in [0.29, 0.717) is 22.9 Å². The minimum absolute atomic E-state index is 0.0931. The number of rotatable bonds is 6. The Hall–Kier alpha value is -2.21. The molecule has 0 spiro atoms. The van der Waals surface area contributed by atoms with Crippen molar-refractivity contribution in [3.8, 4) is 0 Å². The molecule has 2 heterocycles. The lowest BCUT2D eigenvalue weighted by Crippen LogP contribution is -2.38. The van der Waals surface area contributed by atoms with Gasteiger partial charge in [-0.15, -0.1) is 0 Å². The highest BCUT2D eigenvalue weighted by Crippen LogP contribution is 2.32. The molecular formula is C19H25N3O3. The van der Waals surface area contributed by atoms with Crippen LogP contribution in [0.25, 0.3) is 10.9 Å². The van der Waals surface area contributed by atoms with Crippen molar-refractivity contribution in [3.05, 3.63) is 40.6 Å². The van der Waals surface area contributed by atoms with Crippen molar-refractivity contribution in [1.82, 2.24) is 4.98 Å². The molecule has 2 aromatic rings. The zero-order chi connectivity index (χ0) is 17.8. The fourth-order valence-corrected chi connectivity index (χ4v) is 3.76. The summed E-state index contributed by atoms with van der Waals surface area (Å²) in [4.78, 5) is 15.3. The van der Waals surface area contributed by atoms with Gasteiger partial charge in [-0.3, -0.25) is 15.1 Å². The Morgan fingerprint density at radius 1 is 1.36 bits per heavy atom. The summed E-state index contributed by atoms with van der Waals surface area (Å²) in [5.41, 5.74) is 1.61. The molecule has 1 aromatic heterocycles. The second-order valence-corrected chi connectivity index (χ2v) is 6.64. The molecule has 1 aliphatic heterocycles. The van der Waals surface area contributed by atoms with Gasteiger partial charge < -0.3 is 10.1 Å². The molecule has 0 radical (unpaired) electrons. The molecule has 25 heavy (non-hydrogen) atoms.